The molecule has 0 atom stereocenters. The van der Waals surface area contributed by atoms with Crippen LogP contribution >= 0.6 is 0 Å². The Labute approximate surface area is 141 Å². The van der Waals surface area contributed by atoms with Gasteiger partial charge in [0.15, 0.2) is 5.78 Å². The number of rotatable bonds is 6. The fourth-order valence-electron chi connectivity index (χ4n) is 2.43. The average Bonchev–Trinajstić information content (AvgIpc) is 2.59. The van der Waals surface area contributed by atoms with Gasteiger partial charge in [0.25, 0.3) is 0 Å². The number of hydroxylamine groups is 2. The lowest BCUT2D eigenvalue weighted by atomic mass is 9.95. The van der Waals surface area contributed by atoms with Gasteiger partial charge in [0.1, 0.15) is 5.75 Å². The molecule has 5 nitrogen and oxygen atoms in total. The van der Waals surface area contributed by atoms with E-state index < -0.39 is 5.97 Å². The van der Waals surface area contributed by atoms with E-state index in [2.05, 4.69) is 0 Å². The van der Waals surface area contributed by atoms with Gasteiger partial charge in [0.2, 0.25) is 0 Å². The summed E-state index contributed by atoms with van der Waals surface area (Å²) in [5.74, 6) is -0.913. The molecule has 0 spiro atoms. The van der Waals surface area contributed by atoms with Crippen LogP contribution in [0.2, 0.25) is 0 Å². The monoisotopic (exact) mass is 327 g/mol. The van der Waals surface area contributed by atoms with Gasteiger partial charge in [-0.05, 0) is 44.5 Å². The molecule has 5 heteroatoms. The van der Waals surface area contributed by atoms with Crippen molar-refractivity contribution in [1.82, 2.24) is 5.06 Å². The highest BCUT2D eigenvalue weighted by Gasteiger charge is 2.21. The molecule has 0 aliphatic heterocycles. The molecule has 0 amide bonds. The summed E-state index contributed by atoms with van der Waals surface area (Å²) in [7, 11) is 0. The molecule has 126 valence electrons. The van der Waals surface area contributed by atoms with Gasteiger partial charge in [-0.25, -0.2) is 4.79 Å². The van der Waals surface area contributed by atoms with E-state index in [1.54, 1.807) is 48.4 Å². The summed E-state index contributed by atoms with van der Waals surface area (Å²) in [6.45, 7) is 6.64. The molecule has 0 saturated heterocycles. The maximum absolute atomic E-state index is 12.7. The lowest BCUT2D eigenvalue weighted by Gasteiger charge is -2.18. The Bertz CT molecular complexity index is 751. The minimum absolute atomic E-state index is 0.0852. The van der Waals surface area contributed by atoms with Crippen molar-refractivity contribution < 1.29 is 19.5 Å². The van der Waals surface area contributed by atoms with Gasteiger partial charge in [0, 0.05) is 18.7 Å². The molecule has 0 radical (unpaired) electrons. The minimum Gasteiger partial charge on any atom is -0.507 e. The first-order chi connectivity index (χ1) is 11.5. The number of carbonyl (C=O) groups is 2. The van der Waals surface area contributed by atoms with E-state index >= 15 is 0 Å². The van der Waals surface area contributed by atoms with E-state index in [-0.39, 0.29) is 17.1 Å². The molecule has 0 heterocycles. The predicted octanol–water partition coefficient (Wildman–Crippen LogP) is 3.35. The van der Waals surface area contributed by atoms with Crippen LogP contribution in [0.5, 0.6) is 5.75 Å². The SMILES string of the molecule is CCN(CC)OC(=O)c1cccc(C(=O)c2ccccc2O)c1C. The number of ketones is 1. The van der Waals surface area contributed by atoms with Gasteiger partial charge < -0.3 is 9.94 Å². The van der Waals surface area contributed by atoms with Gasteiger partial charge in [-0.1, -0.05) is 24.3 Å². The number of carbonyl (C=O) groups excluding carboxylic acids is 2. The van der Waals surface area contributed by atoms with Gasteiger partial charge in [-0.2, -0.15) is 0 Å². The van der Waals surface area contributed by atoms with Gasteiger partial charge in [-0.3, -0.25) is 4.79 Å². The molecular weight excluding hydrogens is 306 g/mol. The molecule has 0 saturated carbocycles. The van der Waals surface area contributed by atoms with E-state index in [0.29, 0.717) is 29.8 Å². The van der Waals surface area contributed by atoms with Crippen molar-refractivity contribution in [3.63, 3.8) is 0 Å². The van der Waals surface area contributed by atoms with Crippen LogP contribution in [0.25, 0.3) is 0 Å². The number of benzene rings is 2. The molecule has 0 aliphatic rings. The second kappa shape index (κ2) is 7.75. The van der Waals surface area contributed by atoms with E-state index in [9.17, 15) is 14.7 Å². The van der Waals surface area contributed by atoms with Crippen LogP contribution < -0.4 is 0 Å². The van der Waals surface area contributed by atoms with Crippen LogP contribution in [0, 0.1) is 6.92 Å². The largest absolute Gasteiger partial charge is 0.507 e. The summed E-state index contributed by atoms with van der Waals surface area (Å²) >= 11 is 0. The Morgan fingerprint density at radius 3 is 2.17 bits per heavy atom. The number of phenols is 1. The number of aromatic hydroxyl groups is 1. The number of hydrogen-bond acceptors (Lipinski definition) is 5. The molecule has 0 bridgehead atoms. The zero-order valence-corrected chi connectivity index (χ0v) is 14.1. The minimum atomic E-state index is -0.497. The van der Waals surface area contributed by atoms with Gasteiger partial charge >= 0.3 is 5.97 Å². The quantitative estimate of drug-likeness (QED) is 0.651. The standard InChI is InChI=1S/C19H21NO4/c1-4-20(5-2)24-19(23)15-11-8-10-14(13(15)3)18(22)16-9-6-7-12-17(16)21/h6-12,21H,4-5H2,1-3H3. The van der Waals surface area contributed by atoms with E-state index in [1.165, 1.54) is 6.07 Å². The molecule has 2 aromatic carbocycles. The lowest BCUT2D eigenvalue weighted by molar-refractivity contribution is -0.103. The second-order valence-electron chi connectivity index (χ2n) is 5.32. The van der Waals surface area contributed by atoms with Crippen LogP contribution in [-0.2, 0) is 4.84 Å². The number of para-hydroxylation sites is 1. The first-order valence-electron chi connectivity index (χ1n) is 7.89. The Kier molecular flexibility index (Phi) is 5.71. The van der Waals surface area contributed by atoms with Crippen LogP contribution in [0.15, 0.2) is 42.5 Å². The van der Waals surface area contributed by atoms with Crippen LogP contribution in [-0.4, -0.2) is 35.0 Å². The summed E-state index contributed by atoms with van der Waals surface area (Å²) in [6.07, 6.45) is 0. The molecular formula is C19H21NO4. The zero-order chi connectivity index (χ0) is 17.7. The lowest BCUT2D eigenvalue weighted by Crippen LogP contribution is -2.27. The fourth-order valence-corrected chi connectivity index (χ4v) is 2.43. The van der Waals surface area contributed by atoms with Crippen LogP contribution in [0.1, 0.15) is 45.7 Å². The first kappa shape index (κ1) is 17.7. The van der Waals surface area contributed by atoms with Gasteiger partial charge in [0.05, 0.1) is 11.1 Å². The average molecular weight is 327 g/mol. The van der Waals surface area contributed by atoms with E-state index in [0.717, 1.165) is 0 Å². The Morgan fingerprint density at radius 1 is 0.958 bits per heavy atom. The summed E-state index contributed by atoms with van der Waals surface area (Å²) in [5.41, 5.74) is 1.44. The highest BCUT2D eigenvalue weighted by Crippen LogP contribution is 2.23. The molecule has 0 aromatic heterocycles. The third kappa shape index (κ3) is 3.63. The van der Waals surface area contributed by atoms with E-state index in [1.807, 2.05) is 13.8 Å². The molecule has 0 fully saturated rings. The topological polar surface area (TPSA) is 66.8 Å². The Hall–Kier alpha value is -2.66. The summed E-state index contributed by atoms with van der Waals surface area (Å²) in [6, 6.07) is 11.2. The number of phenolic OH excluding ortho intramolecular Hbond substituents is 1. The second-order valence-corrected chi connectivity index (χ2v) is 5.32. The molecule has 24 heavy (non-hydrogen) atoms. The summed E-state index contributed by atoms with van der Waals surface area (Å²) in [5, 5.41) is 11.4. The third-order valence-electron chi connectivity index (χ3n) is 3.86. The molecule has 2 rings (SSSR count). The van der Waals surface area contributed by atoms with Crippen molar-refractivity contribution in [3.05, 3.63) is 64.7 Å². The van der Waals surface area contributed by atoms with Crippen molar-refractivity contribution in [3.8, 4) is 5.75 Å². The van der Waals surface area contributed by atoms with E-state index in [4.69, 9.17) is 4.84 Å². The molecule has 1 N–H and O–H groups in total. The van der Waals surface area contributed by atoms with Crippen molar-refractivity contribution in [2.75, 3.05) is 13.1 Å². The number of hydrogen-bond donors (Lipinski definition) is 1. The van der Waals surface area contributed by atoms with Crippen molar-refractivity contribution in [2.45, 2.75) is 20.8 Å². The summed E-state index contributed by atoms with van der Waals surface area (Å²) in [4.78, 5) is 30.3. The van der Waals surface area contributed by atoms with Crippen molar-refractivity contribution >= 4 is 11.8 Å². The summed E-state index contributed by atoms with van der Waals surface area (Å²) < 4.78 is 0. The smallest absolute Gasteiger partial charge is 0.357 e. The fraction of sp³-hybridized carbons (Fsp3) is 0.263. The number of nitrogens with zero attached hydrogens (tertiary/aromatic N) is 1. The zero-order valence-electron chi connectivity index (χ0n) is 14.1. The van der Waals surface area contributed by atoms with Crippen molar-refractivity contribution in [1.29, 1.82) is 0 Å². The highest BCUT2D eigenvalue weighted by molar-refractivity contribution is 6.12. The third-order valence-corrected chi connectivity index (χ3v) is 3.86. The molecule has 0 unspecified atom stereocenters. The van der Waals surface area contributed by atoms with Crippen molar-refractivity contribution in [2.24, 2.45) is 0 Å². The highest BCUT2D eigenvalue weighted by atomic mass is 16.7. The maximum atomic E-state index is 12.7. The molecule has 2 aromatic rings. The molecule has 0 aliphatic carbocycles. The van der Waals surface area contributed by atoms with Gasteiger partial charge in [-0.15, -0.1) is 5.06 Å². The Morgan fingerprint density at radius 2 is 1.54 bits per heavy atom. The predicted molar refractivity (Wildman–Crippen MR) is 91.1 cm³/mol. The Balaban J connectivity index is 2.36. The van der Waals surface area contributed by atoms with Crippen LogP contribution in [0.4, 0.5) is 0 Å². The maximum Gasteiger partial charge on any atom is 0.357 e. The van der Waals surface area contributed by atoms with Crippen LogP contribution in [0.3, 0.4) is 0 Å². The first-order valence-corrected chi connectivity index (χ1v) is 7.89. The normalized spacial score (nSPS) is 10.7.